The Bertz CT molecular complexity index is 1390. The third-order valence-electron chi connectivity index (χ3n) is 5.16. The van der Waals surface area contributed by atoms with Gasteiger partial charge in [-0.2, -0.15) is 9.78 Å². The van der Waals surface area contributed by atoms with Gasteiger partial charge in [0.25, 0.3) is 0 Å². The second-order valence-electron chi connectivity index (χ2n) is 7.75. The summed E-state index contributed by atoms with van der Waals surface area (Å²) < 4.78 is 27.4. The Kier molecular flexibility index (Phi) is 7.00. The Morgan fingerprint density at radius 2 is 1.65 bits per heavy atom. The number of nitrogens with one attached hydrogen (secondary N) is 1. The van der Waals surface area contributed by atoms with Crippen molar-refractivity contribution in [2.75, 3.05) is 15.9 Å². The number of carbonyl (C=O) groups excluding carboxylic acids is 1. The molecule has 0 aliphatic carbocycles. The molecule has 3 aromatic carbocycles. The molecule has 4 rings (SSSR count). The summed E-state index contributed by atoms with van der Waals surface area (Å²) in [5.41, 5.74) is 3.55. The van der Waals surface area contributed by atoms with Gasteiger partial charge in [0.05, 0.1) is 24.2 Å². The van der Waals surface area contributed by atoms with E-state index in [2.05, 4.69) is 10.4 Å². The van der Waals surface area contributed by atoms with Gasteiger partial charge in [-0.25, -0.2) is 13.2 Å². The smallest absolute Gasteiger partial charge is 0.306 e. The van der Waals surface area contributed by atoms with Crippen LogP contribution in [-0.2, 0) is 23.0 Å². The van der Waals surface area contributed by atoms with Crippen molar-refractivity contribution >= 4 is 39.0 Å². The zero-order valence-corrected chi connectivity index (χ0v) is 20.0. The summed E-state index contributed by atoms with van der Waals surface area (Å²) in [6.45, 7) is 0.0989. The third-order valence-corrected chi connectivity index (χ3v) is 6.67. The van der Waals surface area contributed by atoms with E-state index in [1.807, 2.05) is 30.3 Å². The molecule has 7 nitrogen and oxygen atoms in total. The molecule has 0 bridgehead atoms. The van der Waals surface area contributed by atoms with Crippen LogP contribution in [-0.4, -0.2) is 30.5 Å². The number of hydrogen-bond donors (Lipinski definition) is 1. The number of rotatable bonds is 7. The number of aromatic nitrogens is 2. The second kappa shape index (κ2) is 10.1. The maximum Gasteiger partial charge on any atom is 0.346 e. The van der Waals surface area contributed by atoms with Gasteiger partial charge < -0.3 is 5.32 Å². The van der Waals surface area contributed by atoms with Gasteiger partial charge in [-0.05, 0) is 47.5 Å². The Labute approximate surface area is 203 Å². The average Bonchev–Trinajstić information content (AvgIpc) is 3.28. The van der Waals surface area contributed by atoms with E-state index in [-0.39, 0.29) is 6.54 Å². The Balaban J connectivity index is 1.45. The van der Waals surface area contributed by atoms with Crippen molar-refractivity contribution in [1.29, 1.82) is 0 Å². The highest BCUT2D eigenvalue weighted by Gasteiger charge is 2.19. The number of halogens is 1. The van der Waals surface area contributed by atoms with Crippen LogP contribution >= 0.6 is 11.6 Å². The summed E-state index contributed by atoms with van der Waals surface area (Å²) >= 11 is 6.22. The fraction of sp³-hybridized carbons (Fsp3) is 0.120. The molecule has 0 unspecified atom stereocenters. The zero-order valence-electron chi connectivity index (χ0n) is 18.4. The minimum Gasteiger partial charge on any atom is -0.306 e. The Morgan fingerprint density at radius 3 is 2.32 bits per heavy atom. The Morgan fingerprint density at radius 1 is 0.971 bits per heavy atom. The van der Waals surface area contributed by atoms with Crippen molar-refractivity contribution in [2.45, 2.75) is 13.0 Å². The number of benzene rings is 3. The maximum atomic E-state index is 12.6. The topological polar surface area (TPSA) is 84.3 Å². The highest BCUT2D eigenvalue weighted by atomic mass is 35.5. The first-order valence-corrected chi connectivity index (χ1v) is 12.7. The van der Waals surface area contributed by atoms with Crippen LogP contribution in [0.2, 0.25) is 5.02 Å². The first-order valence-electron chi connectivity index (χ1n) is 10.5. The summed E-state index contributed by atoms with van der Waals surface area (Å²) in [6, 6.07) is 24.9. The lowest BCUT2D eigenvalue weighted by Gasteiger charge is -2.23. The summed E-state index contributed by atoms with van der Waals surface area (Å²) in [7, 11) is -3.56. The number of sulfonamides is 1. The van der Waals surface area contributed by atoms with E-state index >= 15 is 0 Å². The van der Waals surface area contributed by atoms with Crippen molar-refractivity contribution < 1.29 is 13.2 Å². The van der Waals surface area contributed by atoms with Gasteiger partial charge >= 0.3 is 6.03 Å². The molecule has 0 saturated carbocycles. The van der Waals surface area contributed by atoms with Crippen LogP contribution in [0.4, 0.5) is 16.2 Å². The maximum absolute atomic E-state index is 12.6. The molecule has 0 fully saturated rings. The number of amides is 1. The van der Waals surface area contributed by atoms with Gasteiger partial charge in [0.1, 0.15) is 0 Å². The number of carbonyl (C=O) groups is 1. The quantitative estimate of drug-likeness (QED) is 0.384. The number of nitrogens with zero attached hydrogens (tertiary/aromatic N) is 3. The lowest BCUT2D eigenvalue weighted by molar-refractivity contribution is 0.251. The van der Waals surface area contributed by atoms with Gasteiger partial charge in [-0.3, -0.25) is 4.31 Å². The number of hydrogen-bond acceptors (Lipinski definition) is 4. The van der Waals surface area contributed by atoms with Gasteiger partial charge in [-0.15, -0.1) is 0 Å². The molecular formula is C25H23ClN4O3S. The summed E-state index contributed by atoms with van der Waals surface area (Å²) in [5.74, 6) is 0. The molecule has 0 spiro atoms. The van der Waals surface area contributed by atoms with Gasteiger partial charge in [0.2, 0.25) is 10.0 Å². The van der Waals surface area contributed by atoms with Crippen molar-refractivity contribution in [1.82, 2.24) is 9.78 Å². The molecule has 174 valence electrons. The highest BCUT2D eigenvalue weighted by molar-refractivity contribution is 7.92. The van der Waals surface area contributed by atoms with Crippen LogP contribution in [0.3, 0.4) is 0 Å². The monoisotopic (exact) mass is 494 g/mol. The Hall–Kier alpha value is -3.62. The molecule has 1 heterocycles. The van der Waals surface area contributed by atoms with Crippen LogP contribution < -0.4 is 9.62 Å². The average molecular weight is 495 g/mol. The molecule has 1 aromatic heterocycles. The molecule has 4 aromatic rings. The van der Waals surface area contributed by atoms with Crippen LogP contribution in [0, 0.1) is 0 Å². The second-order valence-corrected chi connectivity index (χ2v) is 10.1. The molecule has 0 atom stereocenters. The lowest BCUT2D eigenvalue weighted by atomic mass is 10.1. The van der Waals surface area contributed by atoms with Gasteiger partial charge in [0, 0.05) is 23.3 Å². The van der Waals surface area contributed by atoms with Crippen molar-refractivity contribution in [2.24, 2.45) is 0 Å². The fourth-order valence-electron chi connectivity index (χ4n) is 3.45. The predicted molar refractivity (Wildman–Crippen MR) is 135 cm³/mol. The summed E-state index contributed by atoms with van der Waals surface area (Å²) in [5, 5.41) is 7.60. The molecule has 34 heavy (non-hydrogen) atoms. The molecular weight excluding hydrogens is 472 g/mol. The van der Waals surface area contributed by atoms with E-state index in [1.54, 1.807) is 60.8 Å². The van der Waals surface area contributed by atoms with Crippen LogP contribution in [0.25, 0.3) is 0 Å². The van der Waals surface area contributed by atoms with E-state index < -0.39 is 16.1 Å². The predicted octanol–water partition coefficient (Wildman–Crippen LogP) is 5.17. The molecule has 0 radical (unpaired) electrons. The van der Waals surface area contributed by atoms with E-state index in [0.717, 1.165) is 17.5 Å². The first-order chi connectivity index (χ1) is 16.3. The van der Waals surface area contributed by atoms with Gasteiger partial charge in [0.15, 0.2) is 0 Å². The van der Waals surface area contributed by atoms with Crippen LogP contribution in [0.1, 0.15) is 16.8 Å². The molecule has 0 aliphatic heterocycles. The van der Waals surface area contributed by atoms with Crippen molar-refractivity contribution in [3.63, 3.8) is 0 Å². The molecule has 0 aliphatic rings. The molecule has 1 N–H and O–H groups in total. The van der Waals surface area contributed by atoms with E-state index in [4.69, 9.17) is 11.6 Å². The number of anilines is 2. The largest absolute Gasteiger partial charge is 0.346 e. The van der Waals surface area contributed by atoms with E-state index in [0.29, 0.717) is 28.4 Å². The third kappa shape index (κ3) is 5.84. The first kappa shape index (κ1) is 23.5. The van der Waals surface area contributed by atoms with Crippen LogP contribution in [0.5, 0.6) is 0 Å². The molecule has 1 amide bonds. The fourth-order valence-corrected chi connectivity index (χ4v) is 4.52. The molecule has 0 saturated heterocycles. The van der Waals surface area contributed by atoms with Crippen molar-refractivity contribution in [3.8, 4) is 0 Å². The van der Waals surface area contributed by atoms with Gasteiger partial charge in [-0.1, -0.05) is 60.1 Å². The molecule has 9 heteroatoms. The summed E-state index contributed by atoms with van der Waals surface area (Å²) in [4.78, 5) is 12.6. The zero-order chi connectivity index (χ0) is 24.1. The highest BCUT2D eigenvalue weighted by Crippen LogP contribution is 2.25. The minimum atomic E-state index is -3.56. The van der Waals surface area contributed by atoms with Crippen molar-refractivity contribution in [3.05, 3.63) is 113 Å². The summed E-state index contributed by atoms with van der Waals surface area (Å²) in [6.07, 6.45) is 3.38. The normalized spacial score (nSPS) is 11.2. The minimum absolute atomic E-state index is 0.0989. The standard InChI is InChI=1S/C25H23ClN4O3S/c1-34(32,33)30(18-20-9-5-6-10-24(20)26)23-13-11-21(12-14-23)27-25(31)29-16-15-22(28-29)17-19-7-3-2-4-8-19/h2-16H,17-18H2,1H3,(H,27,31). The van der Waals surface area contributed by atoms with E-state index in [9.17, 15) is 13.2 Å². The lowest BCUT2D eigenvalue weighted by Crippen LogP contribution is -2.29. The SMILES string of the molecule is CS(=O)(=O)N(Cc1ccccc1Cl)c1ccc(NC(=O)n2ccc(Cc3ccccc3)n2)cc1. The van der Waals surface area contributed by atoms with E-state index in [1.165, 1.54) is 8.99 Å². The van der Waals surface area contributed by atoms with Crippen LogP contribution in [0.15, 0.2) is 91.1 Å².